The number of benzene rings is 2. The lowest BCUT2D eigenvalue weighted by atomic mass is 10.0. The van der Waals surface area contributed by atoms with Crippen LogP contribution in [0.1, 0.15) is 39.7 Å². The smallest absolute Gasteiger partial charge is 0.410 e. The molecule has 0 spiro atoms. The maximum absolute atomic E-state index is 12.7. The van der Waals surface area contributed by atoms with E-state index in [0.29, 0.717) is 13.1 Å². The Bertz CT molecular complexity index is 1070. The van der Waals surface area contributed by atoms with Gasteiger partial charge < -0.3 is 14.6 Å². The van der Waals surface area contributed by atoms with Crippen molar-refractivity contribution in [3.05, 3.63) is 59.0 Å². The number of imidazole rings is 1. The third kappa shape index (κ3) is 4.06. The Labute approximate surface area is 170 Å². The molecule has 2 aromatic carbocycles. The highest BCUT2D eigenvalue weighted by molar-refractivity contribution is 5.82. The fraction of sp³-hybridized carbons (Fsp3) is 0.391. The highest BCUT2D eigenvalue weighted by Crippen LogP contribution is 2.28. The summed E-state index contributed by atoms with van der Waals surface area (Å²) in [6, 6.07) is 16.3. The number of likely N-dealkylation sites (tertiary alicyclic amines) is 1. The molecule has 29 heavy (non-hydrogen) atoms. The lowest BCUT2D eigenvalue weighted by Crippen LogP contribution is -2.43. The number of aromatic nitrogens is 2. The Hall–Kier alpha value is -3.02. The van der Waals surface area contributed by atoms with Crippen LogP contribution in [-0.4, -0.2) is 39.2 Å². The average Bonchev–Trinajstić information content (AvgIpc) is 3.02. The Morgan fingerprint density at radius 2 is 1.72 bits per heavy atom. The molecule has 4 rings (SSSR count). The zero-order valence-corrected chi connectivity index (χ0v) is 17.1. The number of rotatable bonds is 2. The van der Waals surface area contributed by atoms with Gasteiger partial charge in [0, 0.05) is 19.1 Å². The fourth-order valence-electron chi connectivity index (χ4n) is 3.93. The maximum atomic E-state index is 12.7. The van der Waals surface area contributed by atoms with E-state index >= 15 is 0 Å². The molecule has 0 radical (unpaired) electrons. The molecule has 1 fully saturated rings. The number of nitrogens with zero attached hydrogens (tertiary/aromatic N) is 2. The number of fused-ring (bicyclic) bond motifs is 1. The quantitative estimate of drug-likeness (QED) is 0.694. The number of aromatic amines is 1. The van der Waals surface area contributed by atoms with Crippen molar-refractivity contribution in [2.45, 2.75) is 45.3 Å². The summed E-state index contributed by atoms with van der Waals surface area (Å²) in [6.45, 7) is 6.77. The second-order valence-electron chi connectivity index (χ2n) is 8.60. The van der Waals surface area contributed by atoms with Crippen LogP contribution < -0.4 is 5.69 Å². The molecule has 1 aliphatic heterocycles. The van der Waals surface area contributed by atoms with Gasteiger partial charge in [0.25, 0.3) is 0 Å². The molecule has 0 atom stereocenters. The van der Waals surface area contributed by atoms with Crippen LogP contribution in [0.3, 0.4) is 0 Å². The molecule has 1 aliphatic rings. The highest BCUT2D eigenvalue weighted by Gasteiger charge is 2.29. The van der Waals surface area contributed by atoms with Crippen LogP contribution in [0.4, 0.5) is 4.79 Å². The maximum Gasteiger partial charge on any atom is 0.410 e. The number of H-pyrrole nitrogens is 1. The van der Waals surface area contributed by atoms with Gasteiger partial charge in [-0.05, 0) is 56.9 Å². The molecule has 0 saturated carbocycles. The minimum atomic E-state index is -0.504. The molecule has 152 valence electrons. The first-order valence-electron chi connectivity index (χ1n) is 10.1. The van der Waals surface area contributed by atoms with Crippen molar-refractivity contribution in [2.24, 2.45) is 0 Å². The van der Waals surface area contributed by atoms with E-state index in [2.05, 4.69) is 23.2 Å². The summed E-state index contributed by atoms with van der Waals surface area (Å²) in [4.78, 5) is 29.7. The van der Waals surface area contributed by atoms with E-state index in [9.17, 15) is 9.59 Å². The lowest BCUT2D eigenvalue weighted by Gasteiger charge is -2.33. The van der Waals surface area contributed by atoms with Crippen LogP contribution in [0.5, 0.6) is 0 Å². The van der Waals surface area contributed by atoms with Gasteiger partial charge in [-0.15, -0.1) is 0 Å². The molecule has 1 amide bonds. The average molecular weight is 393 g/mol. The molecule has 2 heterocycles. The first kappa shape index (κ1) is 19.3. The van der Waals surface area contributed by atoms with E-state index in [1.165, 1.54) is 0 Å². The second kappa shape index (κ2) is 7.43. The topological polar surface area (TPSA) is 67.3 Å². The minimum absolute atomic E-state index is 0.0564. The van der Waals surface area contributed by atoms with E-state index < -0.39 is 5.60 Å². The molecule has 6 nitrogen and oxygen atoms in total. The summed E-state index contributed by atoms with van der Waals surface area (Å²) in [5.74, 6) is 0. The predicted octanol–water partition coefficient (Wildman–Crippen LogP) is 4.57. The van der Waals surface area contributed by atoms with Crippen molar-refractivity contribution in [3.63, 3.8) is 0 Å². The summed E-state index contributed by atoms with van der Waals surface area (Å²) >= 11 is 0. The van der Waals surface area contributed by atoms with Gasteiger partial charge in [0.05, 0.1) is 11.0 Å². The second-order valence-corrected chi connectivity index (χ2v) is 8.60. The van der Waals surface area contributed by atoms with Gasteiger partial charge in [0.1, 0.15) is 5.60 Å². The Morgan fingerprint density at radius 1 is 1.03 bits per heavy atom. The third-order valence-corrected chi connectivity index (χ3v) is 5.31. The van der Waals surface area contributed by atoms with E-state index in [4.69, 9.17) is 4.74 Å². The molecule has 0 unspecified atom stereocenters. The van der Waals surface area contributed by atoms with Crippen LogP contribution >= 0.6 is 0 Å². The van der Waals surface area contributed by atoms with Crippen LogP contribution in [0, 0.1) is 0 Å². The molecule has 0 aliphatic carbocycles. The molecule has 0 bridgehead atoms. The number of hydrogen-bond acceptors (Lipinski definition) is 3. The number of carbonyl (C=O) groups is 1. The van der Waals surface area contributed by atoms with Gasteiger partial charge in [-0.25, -0.2) is 9.59 Å². The zero-order chi connectivity index (χ0) is 20.6. The van der Waals surface area contributed by atoms with Gasteiger partial charge >= 0.3 is 11.8 Å². The van der Waals surface area contributed by atoms with Crippen molar-refractivity contribution in [3.8, 4) is 11.1 Å². The Balaban J connectivity index is 1.58. The molecule has 1 N–H and O–H groups in total. The Morgan fingerprint density at radius 3 is 2.38 bits per heavy atom. The van der Waals surface area contributed by atoms with E-state index in [1.54, 1.807) is 4.90 Å². The number of piperidine rings is 1. The van der Waals surface area contributed by atoms with Crippen molar-refractivity contribution >= 4 is 17.1 Å². The Kier molecular flexibility index (Phi) is 4.94. The predicted molar refractivity (Wildman–Crippen MR) is 114 cm³/mol. The SMILES string of the molecule is CC(C)(C)OC(=O)N1CCC(n2c(=O)[nH]c3ccc(-c4ccccc4)cc32)CC1. The van der Waals surface area contributed by atoms with Gasteiger partial charge in [-0.2, -0.15) is 0 Å². The van der Waals surface area contributed by atoms with Crippen molar-refractivity contribution < 1.29 is 9.53 Å². The van der Waals surface area contributed by atoms with Crippen molar-refractivity contribution in [1.82, 2.24) is 14.5 Å². The van der Waals surface area contributed by atoms with Crippen molar-refractivity contribution in [1.29, 1.82) is 0 Å². The molecular weight excluding hydrogens is 366 g/mol. The highest BCUT2D eigenvalue weighted by atomic mass is 16.6. The number of hydrogen-bond donors (Lipinski definition) is 1. The first-order chi connectivity index (χ1) is 13.8. The van der Waals surface area contributed by atoms with Crippen LogP contribution in [0.2, 0.25) is 0 Å². The summed E-state index contributed by atoms with van der Waals surface area (Å²) in [7, 11) is 0. The number of carbonyl (C=O) groups excluding carboxylic acids is 1. The molecular formula is C23H27N3O3. The monoisotopic (exact) mass is 393 g/mol. The van der Waals surface area contributed by atoms with Crippen LogP contribution in [0.15, 0.2) is 53.3 Å². The summed E-state index contributed by atoms with van der Waals surface area (Å²) < 4.78 is 7.33. The standard InChI is InChI=1S/C23H27N3O3/c1-23(2,3)29-22(28)25-13-11-18(12-14-25)26-20-15-17(16-7-5-4-6-8-16)9-10-19(20)24-21(26)27/h4-10,15,18H,11-14H2,1-3H3,(H,24,27). The van der Waals surface area contributed by atoms with E-state index in [-0.39, 0.29) is 17.8 Å². The van der Waals surface area contributed by atoms with Crippen LogP contribution in [-0.2, 0) is 4.74 Å². The van der Waals surface area contributed by atoms with Crippen molar-refractivity contribution in [2.75, 3.05) is 13.1 Å². The molecule has 1 aromatic heterocycles. The third-order valence-electron chi connectivity index (χ3n) is 5.31. The normalized spacial score (nSPS) is 15.6. The van der Waals surface area contributed by atoms with Crippen LogP contribution in [0.25, 0.3) is 22.2 Å². The van der Waals surface area contributed by atoms with Gasteiger partial charge in [0.15, 0.2) is 0 Å². The zero-order valence-electron chi connectivity index (χ0n) is 17.1. The lowest BCUT2D eigenvalue weighted by molar-refractivity contribution is 0.0189. The van der Waals surface area contributed by atoms with Gasteiger partial charge in [-0.1, -0.05) is 36.4 Å². The fourth-order valence-corrected chi connectivity index (χ4v) is 3.93. The number of amides is 1. The number of nitrogens with one attached hydrogen (secondary N) is 1. The van der Waals surface area contributed by atoms with Gasteiger partial charge in [-0.3, -0.25) is 4.57 Å². The molecule has 1 saturated heterocycles. The van der Waals surface area contributed by atoms with E-state index in [0.717, 1.165) is 35.0 Å². The summed E-state index contributed by atoms with van der Waals surface area (Å²) in [5.41, 5.74) is 3.35. The largest absolute Gasteiger partial charge is 0.444 e. The van der Waals surface area contributed by atoms with Gasteiger partial charge in [0.2, 0.25) is 0 Å². The van der Waals surface area contributed by atoms with E-state index in [1.807, 2.05) is 55.7 Å². The first-order valence-corrected chi connectivity index (χ1v) is 10.1. The molecule has 6 heteroatoms. The summed E-state index contributed by atoms with van der Waals surface area (Å²) in [5, 5.41) is 0. The minimum Gasteiger partial charge on any atom is -0.444 e. The summed E-state index contributed by atoms with van der Waals surface area (Å²) in [6.07, 6.45) is 1.16. The number of ether oxygens (including phenoxy) is 1. The molecule has 3 aromatic rings.